The number of cyclic esters (lactones) is 1. The van der Waals surface area contributed by atoms with Crippen molar-refractivity contribution in [3.8, 4) is 0 Å². The fourth-order valence-electron chi connectivity index (χ4n) is 2.81. The molecule has 1 aliphatic heterocycles. The summed E-state index contributed by atoms with van der Waals surface area (Å²) in [7, 11) is 0. The van der Waals surface area contributed by atoms with E-state index in [1.807, 2.05) is 18.2 Å². The average molecular weight is 320 g/mol. The van der Waals surface area contributed by atoms with Gasteiger partial charge in [0.2, 0.25) is 0 Å². The number of rotatable bonds is 6. The minimum Gasteiger partial charge on any atom is -0.459 e. The van der Waals surface area contributed by atoms with E-state index in [1.165, 1.54) is 22.4 Å². The van der Waals surface area contributed by atoms with E-state index in [2.05, 4.69) is 30.3 Å². The second-order valence-corrected chi connectivity index (χ2v) is 5.98. The van der Waals surface area contributed by atoms with Crippen LogP contribution in [0, 0.1) is 0 Å². The van der Waals surface area contributed by atoms with E-state index in [0.29, 0.717) is 19.3 Å². The van der Waals surface area contributed by atoms with E-state index in [9.17, 15) is 9.59 Å². The first-order chi connectivity index (χ1) is 11.7. The predicted molar refractivity (Wildman–Crippen MR) is 94.7 cm³/mol. The summed E-state index contributed by atoms with van der Waals surface area (Å²) in [6.45, 7) is 0. The zero-order valence-corrected chi connectivity index (χ0v) is 13.5. The van der Waals surface area contributed by atoms with Gasteiger partial charge in [0.15, 0.2) is 5.78 Å². The zero-order valence-electron chi connectivity index (χ0n) is 13.5. The molecule has 0 N–H and O–H groups in total. The van der Waals surface area contributed by atoms with Crippen LogP contribution in [0.1, 0.15) is 24.8 Å². The third kappa shape index (κ3) is 4.42. The highest BCUT2D eigenvalue weighted by Crippen LogP contribution is 2.17. The van der Waals surface area contributed by atoms with Crippen LogP contribution in [-0.4, -0.2) is 17.9 Å². The Hall–Kier alpha value is -2.68. The van der Waals surface area contributed by atoms with Crippen molar-refractivity contribution < 1.29 is 14.3 Å². The Kier molecular flexibility index (Phi) is 5.22. The lowest BCUT2D eigenvalue weighted by Gasteiger charge is -2.16. The molecule has 0 aliphatic carbocycles. The Morgan fingerprint density at radius 2 is 2.00 bits per heavy atom. The van der Waals surface area contributed by atoms with Gasteiger partial charge in [-0.1, -0.05) is 54.6 Å². The van der Waals surface area contributed by atoms with Crippen molar-refractivity contribution in [3.05, 3.63) is 72.3 Å². The maximum Gasteiger partial charge on any atom is 0.330 e. The standard InChI is InChI=1S/C21H20O3/c22-19(7-3-8-20-9-4-10-21(23)24-20)14-12-16-11-13-17-5-1-2-6-18(17)15-16/h1-7,10-11,13,15,20H,8-9,12,14H2/b7-3+/t20-/m0/s1. The maximum absolute atomic E-state index is 12.0. The molecule has 2 aromatic rings. The Morgan fingerprint density at radius 1 is 1.17 bits per heavy atom. The van der Waals surface area contributed by atoms with Crippen molar-refractivity contribution in [3.63, 3.8) is 0 Å². The summed E-state index contributed by atoms with van der Waals surface area (Å²) >= 11 is 0. The molecule has 1 heterocycles. The van der Waals surface area contributed by atoms with Gasteiger partial charge in [-0.3, -0.25) is 4.79 Å². The van der Waals surface area contributed by atoms with E-state index in [-0.39, 0.29) is 17.9 Å². The summed E-state index contributed by atoms with van der Waals surface area (Å²) in [6, 6.07) is 14.5. The van der Waals surface area contributed by atoms with Crippen molar-refractivity contribution in [1.82, 2.24) is 0 Å². The second kappa shape index (κ2) is 7.73. The maximum atomic E-state index is 12.0. The van der Waals surface area contributed by atoms with Gasteiger partial charge in [-0.25, -0.2) is 4.79 Å². The summed E-state index contributed by atoms with van der Waals surface area (Å²) < 4.78 is 5.15. The Morgan fingerprint density at radius 3 is 2.83 bits per heavy atom. The number of fused-ring (bicyclic) bond motifs is 1. The number of esters is 1. The summed E-state index contributed by atoms with van der Waals surface area (Å²) in [5.74, 6) is -0.205. The van der Waals surface area contributed by atoms with Gasteiger partial charge in [-0.2, -0.15) is 0 Å². The number of carbonyl (C=O) groups is 2. The van der Waals surface area contributed by atoms with Crippen LogP contribution in [0.5, 0.6) is 0 Å². The number of aryl methyl sites for hydroxylation is 1. The molecule has 2 aromatic carbocycles. The first kappa shape index (κ1) is 16.2. The van der Waals surface area contributed by atoms with Crippen molar-refractivity contribution >= 4 is 22.5 Å². The molecule has 0 spiro atoms. The Labute approximate surface area is 141 Å². The number of benzene rings is 2. The van der Waals surface area contributed by atoms with Crippen LogP contribution in [-0.2, 0) is 20.7 Å². The Bertz CT molecular complexity index is 802. The van der Waals surface area contributed by atoms with Gasteiger partial charge < -0.3 is 4.74 Å². The first-order valence-electron chi connectivity index (χ1n) is 8.25. The number of ether oxygens (including phenoxy) is 1. The molecule has 0 bridgehead atoms. The highest BCUT2D eigenvalue weighted by molar-refractivity contribution is 5.90. The highest BCUT2D eigenvalue weighted by Gasteiger charge is 2.14. The first-order valence-corrected chi connectivity index (χ1v) is 8.25. The zero-order chi connectivity index (χ0) is 16.8. The van der Waals surface area contributed by atoms with E-state index < -0.39 is 0 Å². The van der Waals surface area contributed by atoms with Crippen LogP contribution in [0.15, 0.2) is 66.8 Å². The minimum atomic E-state index is -0.303. The lowest BCUT2D eigenvalue weighted by atomic mass is 10.0. The molecule has 0 fully saturated rings. The summed E-state index contributed by atoms with van der Waals surface area (Å²) in [4.78, 5) is 23.1. The number of hydrogen-bond donors (Lipinski definition) is 0. The molecule has 0 amide bonds. The molecule has 3 heteroatoms. The minimum absolute atomic E-state index is 0.0980. The van der Waals surface area contributed by atoms with E-state index in [0.717, 1.165) is 6.42 Å². The van der Waals surface area contributed by atoms with Gasteiger partial charge >= 0.3 is 5.97 Å². The van der Waals surface area contributed by atoms with Crippen molar-refractivity contribution in [2.24, 2.45) is 0 Å². The van der Waals surface area contributed by atoms with E-state index in [4.69, 9.17) is 4.74 Å². The van der Waals surface area contributed by atoms with Gasteiger partial charge in [0.25, 0.3) is 0 Å². The molecule has 0 aromatic heterocycles. The molecule has 0 unspecified atom stereocenters. The van der Waals surface area contributed by atoms with Crippen LogP contribution in [0.4, 0.5) is 0 Å². The summed E-state index contributed by atoms with van der Waals surface area (Å²) in [6.07, 6.45) is 9.02. The van der Waals surface area contributed by atoms with Crippen LogP contribution >= 0.6 is 0 Å². The number of allylic oxidation sites excluding steroid dienone is 1. The van der Waals surface area contributed by atoms with Gasteiger partial charge in [0, 0.05) is 25.3 Å². The van der Waals surface area contributed by atoms with Crippen molar-refractivity contribution in [2.45, 2.75) is 31.8 Å². The molecule has 0 saturated carbocycles. The van der Waals surface area contributed by atoms with Crippen molar-refractivity contribution in [1.29, 1.82) is 0 Å². The average Bonchev–Trinajstić information content (AvgIpc) is 2.60. The van der Waals surface area contributed by atoms with Crippen LogP contribution in [0.3, 0.4) is 0 Å². The lowest BCUT2D eigenvalue weighted by Crippen LogP contribution is -2.19. The molecule has 24 heavy (non-hydrogen) atoms. The highest BCUT2D eigenvalue weighted by atomic mass is 16.5. The van der Waals surface area contributed by atoms with Gasteiger partial charge in [0.1, 0.15) is 6.10 Å². The predicted octanol–water partition coefficient (Wildman–Crippen LogP) is 4.16. The van der Waals surface area contributed by atoms with Gasteiger partial charge in [-0.05, 0) is 28.8 Å². The molecule has 1 atom stereocenters. The number of carbonyl (C=O) groups excluding carboxylic acids is 2. The van der Waals surface area contributed by atoms with Crippen LogP contribution in [0.25, 0.3) is 10.8 Å². The summed E-state index contributed by atoms with van der Waals surface area (Å²) in [5.41, 5.74) is 1.17. The lowest BCUT2D eigenvalue weighted by molar-refractivity contribution is -0.143. The number of hydrogen-bond acceptors (Lipinski definition) is 3. The molecule has 0 radical (unpaired) electrons. The van der Waals surface area contributed by atoms with Crippen LogP contribution < -0.4 is 0 Å². The number of ketones is 1. The molecular weight excluding hydrogens is 300 g/mol. The fraction of sp³-hybridized carbons (Fsp3) is 0.238. The SMILES string of the molecule is O=C(/C=C/C[C@H]1CC=CC(=O)O1)CCc1ccc2ccccc2c1. The molecule has 3 rings (SSSR count). The molecule has 0 saturated heterocycles. The van der Waals surface area contributed by atoms with E-state index in [1.54, 1.807) is 12.2 Å². The smallest absolute Gasteiger partial charge is 0.330 e. The third-order valence-electron chi connectivity index (χ3n) is 4.11. The largest absolute Gasteiger partial charge is 0.459 e. The molecule has 122 valence electrons. The monoisotopic (exact) mass is 320 g/mol. The second-order valence-electron chi connectivity index (χ2n) is 5.98. The van der Waals surface area contributed by atoms with Gasteiger partial charge in [-0.15, -0.1) is 0 Å². The fourth-order valence-corrected chi connectivity index (χ4v) is 2.81. The quantitative estimate of drug-likeness (QED) is 0.593. The topological polar surface area (TPSA) is 43.4 Å². The molecule has 1 aliphatic rings. The van der Waals surface area contributed by atoms with Crippen LogP contribution in [0.2, 0.25) is 0 Å². The Balaban J connectivity index is 1.48. The molecule has 3 nitrogen and oxygen atoms in total. The normalized spacial score (nSPS) is 17.3. The molecular formula is C21H20O3. The summed E-state index contributed by atoms with van der Waals surface area (Å²) in [5, 5.41) is 2.41. The van der Waals surface area contributed by atoms with Gasteiger partial charge in [0.05, 0.1) is 0 Å². The third-order valence-corrected chi connectivity index (χ3v) is 4.11. The van der Waals surface area contributed by atoms with Crippen molar-refractivity contribution in [2.75, 3.05) is 0 Å². The van der Waals surface area contributed by atoms with E-state index >= 15 is 0 Å².